The van der Waals surface area contributed by atoms with Gasteiger partial charge in [0.2, 0.25) is 6.79 Å². The normalized spacial score (nSPS) is 19.1. The lowest BCUT2D eigenvalue weighted by Crippen LogP contribution is -2.55. The first-order chi connectivity index (χ1) is 14.9. The maximum absolute atomic E-state index is 13.1. The van der Waals surface area contributed by atoms with Gasteiger partial charge in [-0.2, -0.15) is 0 Å². The monoisotopic (exact) mass is 421 g/mol. The van der Waals surface area contributed by atoms with Crippen molar-refractivity contribution in [3.8, 4) is 11.5 Å². The molecule has 4 amide bonds. The number of aryl methyl sites for hydroxylation is 1. The van der Waals surface area contributed by atoms with Crippen molar-refractivity contribution in [1.82, 2.24) is 15.1 Å². The summed E-state index contributed by atoms with van der Waals surface area (Å²) in [6, 6.07) is 12.5. The second-order valence-corrected chi connectivity index (χ2v) is 8.25. The highest BCUT2D eigenvalue weighted by Gasteiger charge is 2.52. The van der Waals surface area contributed by atoms with Gasteiger partial charge >= 0.3 is 6.03 Å². The van der Waals surface area contributed by atoms with Gasteiger partial charge in [-0.15, -0.1) is 0 Å². The zero-order valence-corrected chi connectivity index (χ0v) is 17.2. The van der Waals surface area contributed by atoms with E-state index in [0.717, 1.165) is 11.1 Å². The van der Waals surface area contributed by atoms with Crippen molar-refractivity contribution in [2.24, 2.45) is 0 Å². The number of piperidine rings is 1. The van der Waals surface area contributed by atoms with Gasteiger partial charge in [-0.25, -0.2) is 4.79 Å². The molecule has 31 heavy (non-hydrogen) atoms. The first-order valence-corrected chi connectivity index (χ1v) is 10.3. The Hall–Kier alpha value is -3.55. The Morgan fingerprint density at radius 1 is 1.03 bits per heavy atom. The number of nitrogens with one attached hydrogen (secondary N) is 1. The number of hydrogen-bond acceptors (Lipinski definition) is 5. The van der Waals surface area contributed by atoms with E-state index in [0.29, 0.717) is 43.0 Å². The molecule has 3 aliphatic heterocycles. The van der Waals surface area contributed by atoms with Crippen molar-refractivity contribution in [3.63, 3.8) is 0 Å². The number of nitrogens with zero attached hydrogens (tertiary/aromatic N) is 2. The van der Waals surface area contributed by atoms with E-state index in [1.54, 1.807) is 23.1 Å². The number of carbonyl (C=O) groups is 3. The van der Waals surface area contributed by atoms with Gasteiger partial charge in [-0.1, -0.05) is 29.8 Å². The van der Waals surface area contributed by atoms with E-state index in [4.69, 9.17) is 9.47 Å². The lowest BCUT2D eigenvalue weighted by Gasteiger charge is -2.37. The second-order valence-electron chi connectivity index (χ2n) is 8.25. The number of imide groups is 1. The molecule has 2 aromatic rings. The fourth-order valence-electron chi connectivity index (χ4n) is 4.34. The van der Waals surface area contributed by atoms with Crippen molar-refractivity contribution in [2.75, 3.05) is 19.9 Å². The molecular weight excluding hydrogens is 398 g/mol. The van der Waals surface area contributed by atoms with E-state index in [1.165, 1.54) is 4.90 Å². The highest BCUT2D eigenvalue weighted by atomic mass is 16.7. The molecule has 0 unspecified atom stereocenters. The minimum absolute atomic E-state index is 0.124. The summed E-state index contributed by atoms with van der Waals surface area (Å²) >= 11 is 0. The van der Waals surface area contributed by atoms with Crippen LogP contribution in [0.25, 0.3) is 0 Å². The second kappa shape index (κ2) is 7.30. The molecule has 1 spiro atoms. The summed E-state index contributed by atoms with van der Waals surface area (Å²) < 4.78 is 10.6. The third-order valence-electron chi connectivity index (χ3n) is 6.23. The van der Waals surface area contributed by atoms with Crippen LogP contribution in [0.5, 0.6) is 11.5 Å². The summed E-state index contributed by atoms with van der Waals surface area (Å²) in [4.78, 5) is 41.6. The minimum Gasteiger partial charge on any atom is -0.454 e. The molecular formula is C23H23N3O5. The maximum atomic E-state index is 13.1. The number of benzene rings is 2. The van der Waals surface area contributed by atoms with Gasteiger partial charge in [0, 0.05) is 18.7 Å². The van der Waals surface area contributed by atoms with Crippen molar-refractivity contribution in [3.05, 3.63) is 59.2 Å². The molecule has 2 aromatic carbocycles. The van der Waals surface area contributed by atoms with Gasteiger partial charge in [0.25, 0.3) is 11.8 Å². The van der Waals surface area contributed by atoms with E-state index < -0.39 is 5.54 Å². The van der Waals surface area contributed by atoms with E-state index in [1.807, 2.05) is 31.2 Å². The molecule has 0 atom stereocenters. The smallest absolute Gasteiger partial charge is 0.325 e. The Morgan fingerprint density at radius 2 is 1.74 bits per heavy atom. The van der Waals surface area contributed by atoms with Gasteiger partial charge in [0.15, 0.2) is 11.5 Å². The van der Waals surface area contributed by atoms with Gasteiger partial charge in [0.1, 0.15) is 5.54 Å². The van der Waals surface area contributed by atoms with Crippen LogP contribution in [0.4, 0.5) is 4.79 Å². The number of rotatable bonds is 3. The molecule has 1 N–H and O–H groups in total. The van der Waals surface area contributed by atoms with Gasteiger partial charge < -0.3 is 19.7 Å². The topological polar surface area (TPSA) is 88.2 Å². The highest BCUT2D eigenvalue weighted by molar-refractivity contribution is 6.07. The van der Waals surface area contributed by atoms with Crippen molar-refractivity contribution in [2.45, 2.75) is 31.8 Å². The third kappa shape index (κ3) is 3.37. The molecule has 0 radical (unpaired) electrons. The summed E-state index contributed by atoms with van der Waals surface area (Å²) in [5.41, 5.74) is 1.61. The SMILES string of the molecule is Cc1ccc(CN2C(=O)NC3(CCN(C(=O)c4ccc5c(c4)OCO5)CC3)C2=O)cc1. The fourth-order valence-corrected chi connectivity index (χ4v) is 4.34. The molecule has 8 nitrogen and oxygen atoms in total. The third-order valence-corrected chi connectivity index (χ3v) is 6.23. The highest BCUT2D eigenvalue weighted by Crippen LogP contribution is 2.34. The first-order valence-electron chi connectivity index (χ1n) is 10.3. The summed E-state index contributed by atoms with van der Waals surface area (Å²) in [6.07, 6.45) is 0.774. The van der Waals surface area contributed by atoms with E-state index in [9.17, 15) is 14.4 Å². The summed E-state index contributed by atoms with van der Waals surface area (Å²) in [6.45, 7) is 3.16. The number of likely N-dealkylation sites (tertiary alicyclic amines) is 1. The number of urea groups is 1. The zero-order chi connectivity index (χ0) is 21.6. The standard InChI is InChI=1S/C23H23N3O5/c1-15-2-4-16(5-3-15)13-26-21(28)23(24-22(26)29)8-10-25(11-9-23)20(27)17-6-7-18-19(12-17)31-14-30-18/h2-7,12H,8-11,13-14H2,1H3,(H,24,29). The largest absolute Gasteiger partial charge is 0.454 e. The molecule has 2 fully saturated rings. The average Bonchev–Trinajstić information content (AvgIpc) is 3.33. The zero-order valence-electron chi connectivity index (χ0n) is 17.2. The number of carbonyl (C=O) groups excluding carboxylic acids is 3. The van der Waals surface area contributed by atoms with Crippen LogP contribution in [0.3, 0.4) is 0 Å². The predicted molar refractivity (Wildman–Crippen MR) is 111 cm³/mol. The Kier molecular flexibility index (Phi) is 4.57. The van der Waals surface area contributed by atoms with E-state index in [2.05, 4.69) is 5.32 Å². The van der Waals surface area contributed by atoms with Crippen LogP contribution in [0, 0.1) is 6.92 Å². The Morgan fingerprint density at radius 3 is 2.48 bits per heavy atom. The van der Waals surface area contributed by atoms with Crippen LogP contribution >= 0.6 is 0 Å². The van der Waals surface area contributed by atoms with Crippen LogP contribution in [-0.2, 0) is 11.3 Å². The van der Waals surface area contributed by atoms with Crippen molar-refractivity contribution >= 4 is 17.8 Å². The van der Waals surface area contributed by atoms with Gasteiger partial charge in [-0.05, 0) is 43.5 Å². The van der Waals surface area contributed by atoms with E-state index >= 15 is 0 Å². The summed E-state index contributed by atoms with van der Waals surface area (Å²) in [5, 5.41) is 2.90. The molecule has 0 aliphatic carbocycles. The number of fused-ring (bicyclic) bond motifs is 1. The fraction of sp³-hybridized carbons (Fsp3) is 0.348. The van der Waals surface area contributed by atoms with Gasteiger partial charge in [0.05, 0.1) is 6.54 Å². The molecule has 3 heterocycles. The average molecular weight is 421 g/mol. The molecule has 0 aromatic heterocycles. The Bertz CT molecular complexity index is 1060. The van der Waals surface area contributed by atoms with Crippen LogP contribution in [0.1, 0.15) is 34.3 Å². The number of hydrogen-bond donors (Lipinski definition) is 1. The lowest BCUT2D eigenvalue weighted by molar-refractivity contribution is -0.133. The number of amides is 4. The molecule has 8 heteroatoms. The van der Waals surface area contributed by atoms with E-state index in [-0.39, 0.29) is 31.2 Å². The molecule has 0 saturated carbocycles. The first kappa shape index (κ1) is 19.4. The predicted octanol–water partition coefficient (Wildman–Crippen LogP) is 2.45. The van der Waals surface area contributed by atoms with Crippen LogP contribution < -0.4 is 14.8 Å². The van der Waals surface area contributed by atoms with Crippen LogP contribution in [0.2, 0.25) is 0 Å². The minimum atomic E-state index is -0.937. The summed E-state index contributed by atoms with van der Waals surface area (Å²) in [7, 11) is 0. The van der Waals surface area contributed by atoms with Crippen molar-refractivity contribution in [1.29, 1.82) is 0 Å². The maximum Gasteiger partial charge on any atom is 0.325 e. The molecule has 0 bridgehead atoms. The quantitative estimate of drug-likeness (QED) is 0.770. The lowest BCUT2D eigenvalue weighted by atomic mass is 9.87. The summed E-state index contributed by atoms with van der Waals surface area (Å²) in [5.74, 6) is 0.848. The molecule has 3 aliphatic rings. The van der Waals surface area contributed by atoms with Gasteiger partial charge in [-0.3, -0.25) is 14.5 Å². The molecule has 2 saturated heterocycles. The van der Waals surface area contributed by atoms with Crippen molar-refractivity contribution < 1.29 is 23.9 Å². The van der Waals surface area contributed by atoms with Crippen LogP contribution in [0.15, 0.2) is 42.5 Å². The van der Waals surface area contributed by atoms with Crippen LogP contribution in [-0.4, -0.2) is 53.1 Å². The Balaban J connectivity index is 1.26. The molecule has 5 rings (SSSR count). The molecule has 160 valence electrons. The number of ether oxygens (including phenoxy) is 2. The Labute approximate surface area is 179 Å².